The molecule has 0 saturated heterocycles. The molecule has 1 aromatic rings. The van der Waals surface area contributed by atoms with E-state index in [0.29, 0.717) is 0 Å². The zero-order chi connectivity index (χ0) is 12.3. The second-order valence-corrected chi connectivity index (χ2v) is 2.97. The first kappa shape index (κ1) is 12.4. The molecule has 0 aliphatic rings. The minimum atomic E-state index is -1.97. The van der Waals surface area contributed by atoms with Gasteiger partial charge in [0.2, 0.25) is 12.1 Å². The maximum Gasteiger partial charge on any atom is 0.223 e. The van der Waals surface area contributed by atoms with Gasteiger partial charge in [0.05, 0.1) is 0 Å². The third-order valence-electron chi connectivity index (χ3n) is 1.93. The quantitative estimate of drug-likeness (QED) is 0.639. The number of nitrogens with zero attached hydrogens (tertiary/aromatic N) is 1. The molecule has 0 amide bonds. The second-order valence-electron chi connectivity index (χ2n) is 2.97. The van der Waals surface area contributed by atoms with Crippen molar-refractivity contribution in [2.24, 2.45) is 0 Å². The summed E-state index contributed by atoms with van der Waals surface area (Å²) in [4.78, 5) is 10.1. The van der Waals surface area contributed by atoms with Gasteiger partial charge in [-0.05, 0) is 11.6 Å². The van der Waals surface area contributed by atoms with E-state index in [4.69, 9.17) is 5.11 Å². The molecule has 87 valence electrons. The average molecular weight is 236 g/mol. The molecule has 0 aromatic heterocycles. The first-order valence-electron chi connectivity index (χ1n) is 4.11. The van der Waals surface area contributed by atoms with Crippen molar-refractivity contribution in [2.45, 2.75) is 12.5 Å². The van der Waals surface area contributed by atoms with Crippen LogP contribution in [0.4, 0.5) is 17.7 Å². The fourth-order valence-electron chi connectivity index (χ4n) is 1.10. The Morgan fingerprint density at radius 3 is 2.44 bits per heavy atom. The van der Waals surface area contributed by atoms with Crippen LogP contribution in [-0.4, -0.2) is 22.8 Å². The molecule has 1 unspecified atom stereocenters. The van der Waals surface area contributed by atoms with Crippen LogP contribution in [-0.2, 0) is 11.2 Å². The lowest BCUT2D eigenvalue weighted by Crippen LogP contribution is -2.25. The molecule has 0 bridgehead atoms. The van der Waals surface area contributed by atoms with Crippen LogP contribution < -0.4 is 0 Å². The Balaban J connectivity index is 2.97. The number of hydrogen-bond donors (Lipinski definition) is 1. The zero-order valence-corrected chi connectivity index (χ0v) is 7.75. The van der Waals surface area contributed by atoms with Gasteiger partial charge in [0, 0.05) is 11.8 Å². The summed E-state index contributed by atoms with van der Waals surface area (Å²) >= 11 is 0. The van der Waals surface area contributed by atoms with Crippen molar-refractivity contribution < 1.29 is 27.6 Å². The van der Waals surface area contributed by atoms with E-state index in [2.05, 4.69) is 0 Å². The Hall–Kier alpha value is -1.63. The van der Waals surface area contributed by atoms with Crippen molar-refractivity contribution in [3.8, 4) is 5.75 Å². The Morgan fingerprint density at radius 2 is 1.94 bits per heavy atom. The molecule has 0 heterocycles. The molecule has 3 nitrogen and oxygen atoms in total. The van der Waals surface area contributed by atoms with Gasteiger partial charge in [0.15, 0.2) is 11.6 Å². The highest BCUT2D eigenvalue weighted by atomic mass is 19.4. The van der Waals surface area contributed by atoms with E-state index in [9.17, 15) is 22.5 Å². The van der Waals surface area contributed by atoms with E-state index in [-0.39, 0.29) is 0 Å². The second kappa shape index (κ2) is 4.93. The van der Waals surface area contributed by atoms with E-state index in [1.165, 1.54) is 0 Å². The third kappa shape index (κ3) is 2.48. The molecule has 1 N–H and O–H groups in total. The Morgan fingerprint density at radius 1 is 1.31 bits per heavy atom. The summed E-state index contributed by atoms with van der Waals surface area (Å²) in [7, 11) is 0. The molecule has 7 heteroatoms. The predicted octanol–water partition coefficient (Wildman–Crippen LogP) is 1.76. The molecule has 16 heavy (non-hydrogen) atoms. The summed E-state index contributed by atoms with van der Waals surface area (Å²) in [6.45, 7) is 0. The monoisotopic (exact) mass is 236 g/mol. The number of rotatable bonds is 4. The first-order valence-corrected chi connectivity index (χ1v) is 4.11. The third-order valence-corrected chi connectivity index (χ3v) is 1.93. The topological polar surface area (TPSA) is 40.5 Å². The lowest BCUT2D eigenvalue weighted by Gasteiger charge is -2.10. The van der Waals surface area contributed by atoms with Crippen LogP contribution in [0.1, 0.15) is 5.56 Å². The van der Waals surface area contributed by atoms with Crippen LogP contribution in [0.2, 0.25) is 0 Å². The lowest BCUT2D eigenvalue weighted by atomic mass is 10.1. The number of phenols is 1. The highest BCUT2D eigenvalue weighted by molar-refractivity contribution is 5.58. The van der Waals surface area contributed by atoms with E-state index >= 15 is 0 Å². The molecule has 1 rings (SSSR count). The summed E-state index contributed by atoms with van der Waals surface area (Å²) in [5.74, 6) is -3.92. The highest BCUT2D eigenvalue weighted by Crippen LogP contribution is 2.22. The van der Waals surface area contributed by atoms with Crippen molar-refractivity contribution in [3.05, 3.63) is 29.3 Å². The van der Waals surface area contributed by atoms with Gasteiger partial charge >= 0.3 is 0 Å². The van der Waals surface area contributed by atoms with Gasteiger partial charge < -0.3 is 5.11 Å². The lowest BCUT2D eigenvalue weighted by molar-refractivity contribution is -0.169. The molecule has 0 fully saturated rings. The standard InChI is InChI=1S/C9H6F4NO2/c10-8-5(1-2-7(16)9(8)11)3-6(4-15)14(12)13/h1-2,6,16H,3H2. The van der Waals surface area contributed by atoms with Gasteiger partial charge in [-0.15, -0.1) is 8.96 Å². The maximum atomic E-state index is 13.1. The largest absolute Gasteiger partial charge is 0.505 e. The smallest absolute Gasteiger partial charge is 0.223 e. The van der Waals surface area contributed by atoms with E-state index in [1.807, 2.05) is 0 Å². The van der Waals surface area contributed by atoms with Crippen molar-refractivity contribution in [2.75, 3.05) is 0 Å². The molecule has 0 aliphatic heterocycles. The fraction of sp³-hybridized carbons (Fsp3) is 0.222. The van der Waals surface area contributed by atoms with E-state index in [0.717, 1.165) is 18.4 Å². The minimum Gasteiger partial charge on any atom is -0.505 e. The molecule has 0 aliphatic carbocycles. The van der Waals surface area contributed by atoms with Crippen molar-refractivity contribution in [3.63, 3.8) is 0 Å². The van der Waals surface area contributed by atoms with Crippen LogP contribution in [0.3, 0.4) is 0 Å². The molecule has 1 radical (unpaired) electrons. The minimum absolute atomic E-state index is 0.441. The SMILES string of the molecule is O=[C]C(Cc1ccc(O)c(F)c1F)N(F)F. The number of halogens is 4. The Kier molecular flexibility index (Phi) is 3.83. The number of benzene rings is 1. The summed E-state index contributed by atoms with van der Waals surface area (Å²) in [5, 5.41) is 7.33. The first-order chi connectivity index (χ1) is 7.47. The maximum absolute atomic E-state index is 13.1. The summed E-state index contributed by atoms with van der Waals surface area (Å²) in [6, 6.07) is -0.240. The van der Waals surface area contributed by atoms with Crippen LogP contribution in [0, 0.1) is 11.6 Å². The fourth-order valence-corrected chi connectivity index (χ4v) is 1.10. The predicted molar refractivity (Wildman–Crippen MR) is 45.3 cm³/mol. The van der Waals surface area contributed by atoms with Gasteiger partial charge in [-0.2, -0.15) is 4.39 Å². The number of phenolic OH excluding ortho intramolecular Hbond substituents is 1. The zero-order valence-electron chi connectivity index (χ0n) is 7.75. The number of hydrogen-bond acceptors (Lipinski definition) is 3. The molecule has 0 saturated carbocycles. The molecule has 0 spiro atoms. The van der Waals surface area contributed by atoms with Crippen molar-refractivity contribution in [1.82, 2.24) is 5.34 Å². The molecular formula is C9H6F4NO2. The van der Waals surface area contributed by atoms with Gasteiger partial charge in [0.1, 0.15) is 6.04 Å². The van der Waals surface area contributed by atoms with Gasteiger partial charge in [-0.25, -0.2) is 4.39 Å². The average Bonchev–Trinajstić information content (AvgIpc) is 2.25. The summed E-state index contributed by atoms with van der Waals surface area (Å²) in [6.07, 6.45) is 0.249. The normalized spacial score (nSPS) is 12.8. The van der Waals surface area contributed by atoms with Crippen molar-refractivity contribution in [1.29, 1.82) is 0 Å². The number of aromatic hydroxyl groups is 1. The van der Waals surface area contributed by atoms with E-state index < -0.39 is 40.8 Å². The molecular weight excluding hydrogens is 230 g/mol. The number of carbonyl (C=O) groups excluding carboxylic acids is 1. The molecule has 1 atom stereocenters. The van der Waals surface area contributed by atoms with Crippen LogP contribution in [0.25, 0.3) is 0 Å². The highest BCUT2D eigenvalue weighted by Gasteiger charge is 2.22. The summed E-state index contributed by atoms with van der Waals surface area (Å²) in [5.41, 5.74) is -0.441. The van der Waals surface area contributed by atoms with Crippen molar-refractivity contribution >= 4 is 6.29 Å². The van der Waals surface area contributed by atoms with Crippen LogP contribution in [0.5, 0.6) is 5.75 Å². The Bertz CT molecular complexity index is 397. The van der Waals surface area contributed by atoms with E-state index in [1.54, 1.807) is 0 Å². The molecule has 1 aromatic carbocycles. The van der Waals surface area contributed by atoms with Crippen LogP contribution >= 0.6 is 0 Å². The van der Waals surface area contributed by atoms with Gasteiger partial charge in [-0.1, -0.05) is 6.07 Å². The van der Waals surface area contributed by atoms with Gasteiger partial charge in [0.25, 0.3) is 0 Å². The van der Waals surface area contributed by atoms with Gasteiger partial charge in [-0.3, -0.25) is 4.79 Å². The Labute approximate surface area is 87.8 Å². The summed E-state index contributed by atoms with van der Waals surface area (Å²) < 4.78 is 49.9. The van der Waals surface area contributed by atoms with Crippen LogP contribution in [0.15, 0.2) is 12.1 Å².